The van der Waals surface area contributed by atoms with Crippen LogP contribution in [0.15, 0.2) is 41.6 Å². The zero-order chi connectivity index (χ0) is 29.0. The molecule has 0 aliphatic carbocycles. The van der Waals surface area contributed by atoms with Crippen molar-refractivity contribution in [3.8, 4) is 5.75 Å². The Labute approximate surface area is 232 Å². The van der Waals surface area contributed by atoms with Gasteiger partial charge in [-0.25, -0.2) is 8.42 Å². The first-order chi connectivity index (χ1) is 18.3. The van der Waals surface area contributed by atoms with Crippen molar-refractivity contribution in [1.82, 2.24) is 19.5 Å². The Hall–Kier alpha value is -3.18. The van der Waals surface area contributed by atoms with Crippen LogP contribution in [0.3, 0.4) is 0 Å². The number of aryl methyl sites for hydroxylation is 2. The molecule has 1 fully saturated rings. The lowest BCUT2D eigenvalue weighted by Crippen LogP contribution is -2.56. The minimum absolute atomic E-state index is 0.137. The summed E-state index contributed by atoms with van der Waals surface area (Å²) in [4.78, 5) is 34.1. The number of likely N-dealkylation sites (N-methyl/N-ethyl adjacent to an activating group) is 2. The lowest BCUT2D eigenvalue weighted by Gasteiger charge is -2.35. The highest BCUT2D eigenvalue weighted by Crippen LogP contribution is 2.31. The second-order valence-electron chi connectivity index (χ2n) is 10.7. The molecule has 0 atom stereocenters. The van der Waals surface area contributed by atoms with Gasteiger partial charge in [-0.2, -0.15) is 4.31 Å². The molecule has 2 heterocycles. The highest BCUT2D eigenvalue weighted by Gasteiger charge is 2.41. The van der Waals surface area contributed by atoms with Gasteiger partial charge in [0.15, 0.2) is 0 Å². The van der Waals surface area contributed by atoms with Gasteiger partial charge in [-0.05, 0) is 81.8 Å². The molecule has 39 heavy (non-hydrogen) atoms. The highest BCUT2D eigenvalue weighted by atomic mass is 32.2. The fraction of sp³-hybridized carbons (Fsp3) is 0.536. The molecule has 2 aromatic rings. The second-order valence-corrected chi connectivity index (χ2v) is 12.6. The highest BCUT2D eigenvalue weighted by molar-refractivity contribution is 7.89. The average molecular weight is 560 g/mol. The molecular formula is C28H41N5O5S. The molecule has 1 aliphatic heterocycles. The standard InChI is InChI=1S/C28H41N5O5S/c1-20-16-24(38-7)17-21(2)26(20)39(36,37)32(6)28(3,4)27(35)30-18-25(34)31(5)19-22-10-14-33(15-11-22)23-8-12-29-13-9-23/h8-9,12-13,16-17,22H,10-11,14-15,18-19H2,1-7H3,(H,30,35). The molecule has 1 aliphatic rings. The molecule has 1 N–H and O–H groups in total. The van der Waals surface area contributed by atoms with E-state index >= 15 is 0 Å². The minimum Gasteiger partial charge on any atom is -0.497 e. The molecule has 0 saturated carbocycles. The van der Waals surface area contributed by atoms with Crippen molar-refractivity contribution in [3.63, 3.8) is 0 Å². The number of carbonyl (C=O) groups is 2. The first-order valence-corrected chi connectivity index (χ1v) is 14.5. The van der Waals surface area contributed by atoms with Gasteiger partial charge in [0.25, 0.3) is 0 Å². The predicted molar refractivity (Wildman–Crippen MR) is 151 cm³/mol. The molecule has 11 heteroatoms. The van der Waals surface area contributed by atoms with Crippen LogP contribution >= 0.6 is 0 Å². The number of sulfonamides is 1. The number of hydrogen-bond acceptors (Lipinski definition) is 7. The molecule has 10 nitrogen and oxygen atoms in total. The molecule has 1 aromatic heterocycles. The zero-order valence-corrected chi connectivity index (χ0v) is 24.8. The number of piperidine rings is 1. The predicted octanol–water partition coefficient (Wildman–Crippen LogP) is 2.60. The minimum atomic E-state index is -4.01. The summed E-state index contributed by atoms with van der Waals surface area (Å²) >= 11 is 0. The van der Waals surface area contributed by atoms with E-state index in [9.17, 15) is 18.0 Å². The maximum atomic E-state index is 13.5. The maximum absolute atomic E-state index is 13.5. The number of nitrogens with one attached hydrogen (secondary N) is 1. The number of pyridine rings is 1. The fourth-order valence-corrected chi connectivity index (χ4v) is 6.83. The summed E-state index contributed by atoms with van der Waals surface area (Å²) < 4.78 is 33.4. The summed E-state index contributed by atoms with van der Waals surface area (Å²) in [5.74, 6) is 0.162. The molecule has 214 valence electrons. The first-order valence-electron chi connectivity index (χ1n) is 13.1. The molecule has 1 saturated heterocycles. The number of benzene rings is 1. The lowest BCUT2D eigenvalue weighted by molar-refractivity contribution is -0.134. The molecule has 0 unspecified atom stereocenters. The van der Waals surface area contributed by atoms with Crippen molar-refractivity contribution in [2.45, 2.75) is 51.0 Å². The van der Waals surface area contributed by atoms with Crippen molar-refractivity contribution < 1.29 is 22.7 Å². The summed E-state index contributed by atoms with van der Waals surface area (Å²) in [6.45, 7) is 8.67. The summed E-state index contributed by atoms with van der Waals surface area (Å²) in [6, 6.07) is 7.31. The quantitative estimate of drug-likeness (QED) is 0.476. The van der Waals surface area contributed by atoms with Crippen molar-refractivity contribution in [3.05, 3.63) is 47.8 Å². The van der Waals surface area contributed by atoms with Crippen molar-refractivity contribution in [1.29, 1.82) is 0 Å². The van der Waals surface area contributed by atoms with Gasteiger partial charge in [-0.1, -0.05) is 0 Å². The van der Waals surface area contributed by atoms with Gasteiger partial charge in [0.1, 0.15) is 11.3 Å². The Balaban J connectivity index is 1.56. The third-order valence-corrected chi connectivity index (χ3v) is 9.97. The van der Waals surface area contributed by atoms with Gasteiger partial charge in [0.05, 0.1) is 18.6 Å². The molecule has 0 radical (unpaired) electrons. The van der Waals surface area contributed by atoms with E-state index in [0.29, 0.717) is 29.3 Å². The van der Waals surface area contributed by atoms with Crippen LogP contribution in [-0.2, 0) is 19.6 Å². The van der Waals surface area contributed by atoms with Crippen LogP contribution in [0.25, 0.3) is 0 Å². The molecule has 0 spiro atoms. The number of methoxy groups -OCH3 is 1. The lowest BCUT2D eigenvalue weighted by atomic mass is 9.96. The van der Waals surface area contributed by atoms with E-state index in [1.165, 1.54) is 28.0 Å². The van der Waals surface area contributed by atoms with Gasteiger partial charge < -0.3 is 19.9 Å². The van der Waals surface area contributed by atoms with Gasteiger partial charge in [0, 0.05) is 51.8 Å². The van der Waals surface area contributed by atoms with Gasteiger partial charge >= 0.3 is 0 Å². The molecular weight excluding hydrogens is 518 g/mol. The Kier molecular flexibility index (Phi) is 9.60. The van der Waals surface area contributed by atoms with E-state index in [1.807, 2.05) is 12.1 Å². The van der Waals surface area contributed by atoms with Crippen molar-refractivity contribution in [2.24, 2.45) is 5.92 Å². The number of carbonyl (C=O) groups excluding carboxylic acids is 2. The van der Waals surface area contributed by atoms with Gasteiger partial charge in [-0.15, -0.1) is 0 Å². The van der Waals surface area contributed by atoms with Crippen LogP contribution in [0.5, 0.6) is 5.75 Å². The van der Waals surface area contributed by atoms with Gasteiger partial charge in [0.2, 0.25) is 21.8 Å². The van der Waals surface area contributed by atoms with E-state index in [2.05, 4.69) is 15.2 Å². The first kappa shape index (κ1) is 30.4. The summed E-state index contributed by atoms with van der Waals surface area (Å²) in [5, 5.41) is 2.65. The van der Waals surface area contributed by atoms with Crippen LogP contribution in [0, 0.1) is 19.8 Å². The maximum Gasteiger partial charge on any atom is 0.244 e. The Morgan fingerprint density at radius 2 is 1.67 bits per heavy atom. The smallest absolute Gasteiger partial charge is 0.244 e. The summed E-state index contributed by atoms with van der Waals surface area (Å²) in [7, 11) is 0.625. The SMILES string of the molecule is COc1cc(C)c(S(=O)(=O)N(C)C(C)(C)C(=O)NCC(=O)N(C)CC2CCN(c3ccncc3)CC2)c(C)c1. The number of anilines is 1. The number of rotatable bonds is 10. The van der Waals surface area contributed by atoms with E-state index in [4.69, 9.17) is 4.74 Å². The van der Waals surface area contributed by atoms with Crippen LogP contribution in [0.4, 0.5) is 5.69 Å². The van der Waals surface area contributed by atoms with E-state index < -0.39 is 21.5 Å². The number of amides is 2. The van der Waals surface area contributed by atoms with Gasteiger partial charge in [-0.3, -0.25) is 14.6 Å². The second kappa shape index (κ2) is 12.3. The third kappa shape index (κ3) is 6.88. The number of nitrogens with zero attached hydrogens (tertiary/aromatic N) is 4. The normalized spacial score (nSPS) is 14.8. The largest absolute Gasteiger partial charge is 0.497 e. The Morgan fingerprint density at radius 1 is 1.10 bits per heavy atom. The van der Waals surface area contributed by atoms with E-state index in [0.717, 1.165) is 35.9 Å². The summed E-state index contributed by atoms with van der Waals surface area (Å²) in [6.07, 6.45) is 5.51. The average Bonchev–Trinajstić information content (AvgIpc) is 2.91. The summed E-state index contributed by atoms with van der Waals surface area (Å²) in [5.41, 5.74) is 0.773. The fourth-order valence-electron chi connectivity index (χ4n) is 4.94. The number of aromatic nitrogens is 1. The number of hydrogen-bond donors (Lipinski definition) is 1. The Bertz CT molecular complexity index is 1250. The van der Waals surface area contributed by atoms with Crippen LogP contribution in [0.1, 0.15) is 37.8 Å². The monoisotopic (exact) mass is 559 g/mol. The zero-order valence-electron chi connectivity index (χ0n) is 24.0. The topological polar surface area (TPSA) is 112 Å². The van der Waals surface area contributed by atoms with E-state index in [1.54, 1.807) is 50.3 Å². The Morgan fingerprint density at radius 3 is 2.21 bits per heavy atom. The van der Waals surface area contributed by atoms with Crippen LogP contribution in [-0.4, -0.2) is 87.3 Å². The molecule has 2 amide bonds. The van der Waals surface area contributed by atoms with Crippen molar-refractivity contribution in [2.75, 3.05) is 52.3 Å². The van der Waals surface area contributed by atoms with E-state index in [-0.39, 0.29) is 17.3 Å². The van der Waals surface area contributed by atoms with Crippen LogP contribution in [0.2, 0.25) is 0 Å². The van der Waals surface area contributed by atoms with Crippen LogP contribution < -0.4 is 15.0 Å². The number of ether oxygens (including phenoxy) is 1. The molecule has 0 bridgehead atoms. The molecule has 1 aromatic carbocycles. The molecule has 3 rings (SSSR count). The van der Waals surface area contributed by atoms with Crippen molar-refractivity contribution >= 4 is 27.5 Å². The third-order valence-electron chi connectivity index (χ3n) is 7.63.